The molecule has 0 heterocycles. The number of nitrogens with one attached hydrogen (secondary N) is 1. The van der Waals surface area contributed by atoms with Gasteiger partial charge in [-0.3, -0.25) is 0 Å². The van der Waals surface area contributed by atoms with Crippen molar-refractivity contribution in [3.05, 3.63) is 42.0 Å². The lowest BCUT2D eigenvalue weighted by Crippen LogP contribution is -2.22. The Labute approximate surface area is 125 Å². The number of hydrogen-bond donors (Lipinski definition) is 2. The Morgan fingerprint density at radius 3 is 2.52 bits per heavy atom. The van der Waals surface area contributed by atoms with Crippen molar-refractivity contribution in [2.24, 2.45) is 5.14 Å². The molecule has 0 atom stereocenters. The van der Waals surface area contributed by atoms with E-state index in [-0.39, 0.29) is 5.75 Å². The van der Waals surface area contributed by atoms with Crippen molar-refractivity contribution in [3.8, 4) is 5.75 Å². The number of sulfonamides is 1. The first kappa shape index (κ1) is 15.8. The van der Waals surface area contributed by atoms with Crippen LogP contribution < -0.4 is 15.2 Å². The highest BCUT2D eigenvalue weighted by Gasteiger charge is 2.06. The van der Waals surface area contributed by atoms with Gasteiger partial charge in [-0.1, -0.05) is 30.3 Å². The summed E-state index contributed by atoms with van der Waals surface area (Å²) in [5.74, 6) is 0.854. The number of ether oxygens (including phenoxy) is 1. The molecule has 0 unspecified atom stereocenters. The van der Waals surface area contributed by atoms with Crippen LogP contribution in [0.5, 0.6) is 5.75 Å². The molecule has 0 spiro atoms. The molecule has 114 valence electrons. The number of primary sulfonamides is 1. The number of methoxy groups -OCH3 is 1. The molecule has 0 aromatic heterocycles. The SMILES string of the molecule is COc1ccc(CNCCCS(N)(=O)=O)c2ccccc12. The lowest BCUT2D eigenvalue weighted by atomic mass is 10.0. The molecule has 0 amide bonds. The average Bonchev–Trinajstić information content (AvgIpc) is 2.45. The van der Waals surface area contributed by atoms with Gasteiger partial charge in [0.05, 0.1) is 12.9 Å². The zero-order valence-electron chi connectivity index (χ0n) is 12.0. The largest absolute Gasteiger partial charge is 0.496 e. The van der Waals surface area contributed by atoms with Gasteiger partial charge >= 0.3 is 0 Å². The number of rotatable bonds is 7. The Hall–Kier alpha value is -1.63. The van der Waals surface area contributed by atoms with E-state index in [4.69, 9.17) is 9.88 Å². The highest BCUT2D eigenvalue weighted by molar-refractivity contribution is 7.89. The van der Waals surface area contributed by atoms with Crippen LogP contribution in [0.4, 0.5) is 0 Å². The third-order valence-electron chi connectivity index (χ3n) is 3.29. The number of nitrogens with two attached hydrogens (primary N) is 1. The monoisotopic (exact) mass is 308 g/mol. The highest BCUT2D eigenvalue weighted by Crippen LogP contribution is 2.28. The van der Waals surface area contributed by atoms with Crippen LogP contribution in [0, 0.1) is 0 Å². The normalized spacial score (nSPS) is 11.7. The Bertz CT molecular complexity index is 714. The van der Waals surface area contributed by atoms with Gasteiger partial charge in [0, 0.05) is 11.9 Å². The fourth-order valence-electron chi connectivity index (χ4n) is 2.29. The second kappa shape index (κ2) is 6.89. The third-order valence-corrected chi connectivity index (χ3v) is 4.15. The molecule has 2 aromatic carbocycles. The van der Waals surface area contributed by atoms with Crippen molar-refractivity contribution in [3.63, 3.8) is 0 Å². The minimum atomic E-state index is -3.37. The van der Waals surface area contributed by atoms with E-state index in [1.165, 1.54) is 0 Å². The Balaban J connectivity index is 2.03. The van der Waals surface area contributed by atoms with Crippen LogP contribution in [-0.2, 0) is 16.6 Å². The molecule has 3 N–H and O–H groups in total. The van der Waals surface area contributed by atoms with E-state index in [1.54, 1.807) is 7.11 Å². The topological polar surface area (TPSA) is 81.4 Å². The van der Waals surface area contributed by atoms with Crippen LogP contribution in [0.3, 0.4) is 0 Å². The summed E-state index contributed by atoms with van der Waals surface area (Å²) in [7, 11) is -1.71. The van der Waals surface area contributed by atoms with Crippen molar-refractivity contribution >= 4 is 20.8 Å². The average molecular weight is 308 g/mol. The minimum Gasteiger partial charge on any atom is -0.496 e. The molecule has 0 aliphatic rings. The van der Waals surface area contributed by atoms with Gasteiger partial charge in [-0.05, 0) is 30.0 Å². The third kappa shape index (κ3) is 4.42. The number of benzene rings is 2. The summed E-state index contributed by atoms with van der Waals surface area (Å²) in [6, 6.07) is 12.0. The Morgan fingerprint density at radius 1 is 1.14 bits per heavy atom. The second-order valence-electron chi connectivity index (χ2n) is 4.87. The van der Waals surface area contributed by atoms with E-state index in [0.717, 1.165) is 22.1 Å². The summed E-state index contributed by atoms with van der Waals surface area (Å²) in [6.45, 7) is 1.28. The van der Waals surface area contributed by atoms with Crippen molar-refractivity contribution in [1.29, 1.82) is 0 Å². The quantitative estimate of drug-likeness (QED) is 0.762. The molecule has 21 heavy (non-hydrogen) atoms. The van der Waals surface area contributed by atoms with Gasteiger partial charge in [0.1, 0.15) is 5.75 Å². The smallest absolute Gasteiger partial charge is 0.209 e. The summed E-state index contributed by atoms with van der Waals surface area (Å²) < 4.78 is 27.1. The van der Waals surface area contributed by atoms with E-state index in [2.05, 4.69) is 11.4 Å². The van der Waals surface area contributed by atoms with E-state index >= 15 is 0 Å². The lowest BCUT2D eigenvalue weighted by Gasteiger charge is -2.11. The molecule has 0 bridgehead atoms. The van der Waals surface area contributed by atoms with Crippen molar-refractivity contribution in [2.75, 3.05) is 19.4 Å². The molecular weight excluding hydrogens is 288 g/mol. The standard InChI is InChI=1S/C15H20N2O3S/c1-20-15-8-7-12(13-5-2-3-6-14(13)15)11-17-9-4-10-21(16,18)19/h2-3,5-8,17H,4,9-11H2,1H3,(H2,16,18,19). The van der Waals surface area contributed by atoms with Gasteiger partial charge in [0.25, 0.3) is 0 Å². The van der Waals surface area contributed by atoms with Gasteiger partial charge < -0.3 is 10.1 Å². The number of fused-ring (bicyclic) bond motifs is 1. The van der Waals surface area contributed by atoms with E-state index < -0.39 is 10.0 Å². The van der Waals surface area contributed by atoms with Gasteiger partial charge in [-0.15, -0.1) is 0 Å². The minimum absolute atomic E-state index is 0.00333. The second-order valence-corrected chi connectivity index (χ2v) is 6.60. The van der Waals surface area contributed by atoms with Crippen LogP contribution in [-0.4, -0.2) is 27.8 Å². The van der Waals surface area contributed by atoms with Crippen LogP contribution >= 0.6 is 0 Å². The maximum Gasteiger partial charge on any atom is 0.209 e. The first-order valence-electron chi connectivity index (χ1n) is 6.77. The predicted molar refractivity (Wildman–Crippen MR) is 84.8 cm³/mol. The molecule has 6 heteroatoms. The lowest BCUT2D eigenvalue weighted by molar-refractivity contribution is 0.419. The molecule has 0 aliphatic heterocycles. The molecule has 0 radical (unpaired) electrons. The summed E-state index contributed by atoms with van der Waals surface area (Å²) in [5.41, 5.74) is 1.15. The molecule has 2 rings (SSSR count). The summed E-state index contributed by atoms with van der Waals surface area (Å²) in [5, 5.41) is 10.4. The van der Waals surface area contributed by atoms with Crippen molar-refractivity contribution in [1.82, 2.24) is 5.32 Å². The maximum atomic E-state index is 10.8. The molecule has 2 aromatic rings. The van der Waals surface area contributed by atoms with E-state index in [0.29, 0.717) is 19.5 Å². The predicted octanol–water partition coefficient (Wildman–Crippen LogP) is 1.62. The Morgan fingerprint density at radius 2 is 1.86 bits per heavy atom. The van der Waals surface area contributed by atoms with Crippen LogP contribution in [0.15, 0.2) is 36.4 Å². The van der Waals surface area contributed by atoms with Gasteiger partial charge in [0.2, 0.25) is 10.0 Å². The van der Waals surface area contributed by atoms with Gasteiger partial charge in [-0.2, -0.15) is 0 Å². The van der Waals surface area contributed by atoms with Crippen LogP contribution in [0.1, 0.15) is 12.0 Å². The first-order valence-corrected chi connectivity index (χ1v) is 8.48. The summed E-state index contributed by atoms with van der Waals surface area (Å²) in [4.78, 5) is 0. The Kier molecular flexibility index (Phi) is 5.17. The molecule has 5 nitrogen and oxygen atoms in total. The zero-order chi connectivity index (χ0) is 15.3. The number of hydrogen-bond acceptors (Lipinski definition) is 4. The molecule has 0 fully saturated rings. The zero-order valence-corrected chi connectivity index (χ0v) is 12.8. The molecule has 0 aliphatic carbocycles. The fraction of sp³-hybridized carbons (Fsp3) is 0.333. The van der Waals surface area contributed by atoms with E-state index in [9.17, 15) is 8.42 Å². The highest BCUT2D eigenvalue weighted by atomic mass is 32.2. The van der Waals surface area contributed by atoms with E-state index in [1.807, 2.05) is 30.3 Å². The first-order chi connectivity index (χ1) is 10.0. The van der Waals surface area contributed by atoms with Crippen molar-refractivity contribution < 1.29 is 13.2 Å². The van der Waals surface area contributed by atoms with Gasteiger partial charge in [0.15, 0.2) is 0 Å². The maximum absolute atomic E-state index is 10.8. The summed E-state index contributed by atoms with van der Waals surface area (Å²) in [6.07, 6.45) is 0.507. The van der Waals surface area contributed by atoms with Crippen LogP contribution in [0.25, 0.3) is 10.8 Å². The molecular formula is C15H20N2O3S. The van der Waals surface area contributed by atoms with Crippen LogP contribution in [0.2, 0.25) is 0 Å². The molecule has 0 saturated heterocycles. The van der Waals surface area contributed by atoms with Crippen molar-refractivity contribution in [2.45, 2.75) is 13.0 Å². The van der Waals surface area contributed by atoms with Gasteiger partial charge in [-0.25, -0.2) is 13.6 Å². The fourth-order valence-corrected chi connectivity index (χ4v) is 2.83. The molecule has 0 saturated carbocycles. The summed E-state index contributed by atoms with van der Waals surface area (Å²) >= 11 is 0.